The first-order chi connectivity index (χ1) is 14.8. The maximum absolute atomic E-state index is 12.9. The summed E-state index contributed by atoms with van der Waals surface area (Å²) in [6.07, 6.45) is 4.25. The molecule has 2 heterocycles. The maximum atomic E-state index is 12.9. The number of hydrogen-bond donors (Lipinski definition) is 2. The number of halogens is 1. The molecular weight excluding hydrogens is 434 g/mol. The van der Waals surface area contributed by atoms with Gasteiger partial charge in [0.1, 0.15) is 0 Å². The zero-order chi connectivity index (χ0) is 22.0. The minimum Gasteiger partial charge on any atom is -0.361 e. The Morgan fingerprint density at radius 2 is 1.81 bits per heavy atom. The number of benzene rings is 2. The van der Waals surface area contributed by atoms with Crippen molar-refractivity contribution in [2.45, 2.75) is 18.8 Å². The Hall–Kier alpha value is -2.35. The van der Waals surface area contributed by atoms with Gasteiger partial charge in [0.05, 0.1) is 6.26 Å². The number of piperidine rings is 1. The highest BCUT2D eigenvalue weighted by Crippen LogP contribution is 2.34. The van der Waals surface area contributed by atoms with Crippen LogP contribution >= 0.6 is 11.6 Å². The van der Waals surface area contributed by atoms with Gasteiger partial charge < -0.3 is 10.3 Å². The van der Waals surface area contributed by atoms with Crippen LogP contribution in [0.5, 0.6) is 0 Å². The third-order valence-electron chi connectivity index (χ3n) is 6.05. The molecule has 4 rings (SSSR count). The molecule has 1 aliphatic rings. The lowest BCUT2D eigenvalue weighted by atomic mass is 9.90. The molecule has 0 spiro atoms. The average molecular weight is 460 g/mol. The van der Waals surface area contributed by atoms with E-state index < -0.39 is 10.0 Å². The van der Waals surface area contributed by atoms with Gasteiger partial charge in [-0.2, -0.15) is 0 Å². The highest BCUT2D eigenvalue weighted by atomic mass is 35.5. The van der Waals surface area contributed by atoms with Gasteiger partial charge >= 0.3 is 0 Å². The molecule has 31 heavy (non-hydrogen) atoms. The number of fused-ring (bicyclic) bond motifs is 1. The van der Waals surface area contributed by atoms with Gasteiger partial charge in [0.25, 0.3) is 0 Å². The molecule has 8 heteroatoms. The molecule has 164 valence electrons. The van der Waals surface area contributed by atoms with Gasteiger partial charge in [-0.15, -0.1) is 0 Å². The number of nitrogens with zero attached hydrogens (tertiary/aromatic N) is 1. The standard InChI is InChI=1S/C23H26ClN3O3S/c1-31(29,30)27-12-10-16(11-13-27)23(28)26-15-19(17-6-2-4-8-21(17)24)20-14-25-22-9-5-3-7-18(20)22/h2-9,14,16,19,25H,10-13,15H2,1H3,(H,26,28)/t19-/m1/s1. The van der Waals surface area contributed by atoms with Gasteiger partial charge in [-0.1, -0.05) is 48.0 Å². The predicted octanol–water partition coefficient (Wildman–Crippen LogP) is 3.74. The molecule has 1 aromatic heterocycles. The molecule has 1 saturated heterocycles. The quantitative estimate of drug-likeness (QED) is 0.589. The van der Waals surface area contributed by atoms with E-state index in [0.29, 0.717) is 37.5 Å². The van der Waals surface area contributed by atoms with Gasteiger partial charge in [0.2, 0.25) is 15.9 Å². The first-order valence-corrected chi connectivity index (χ1v) is 12.6. The molecular formula is C23H26ClN3O3S. The summed E-state index contributed by atoms with van der Waals surface area (Å²) in [7, 11) is -3.21. The fraction of sp³-hybridized carbons (Fsp3) is 0.348. The van der Waals surface area contributed by atoms with Crippen molar-refractivity contribution < 1.29 is 13.2 Å². The number of nitrogens with one attached hydrogen (secondary N) is 2. The first kappa shape index (κ1) is 21.9. The topological polar surface area (TPSA) is 82.3 Å². The second kappa shape index (κ2) is 9.02. The SMILES string of the molecule is CS(=O)(=O)N1CCC(C(=O)NC[C@H](c2ccccc2Cl)c2c[nH]c3ccccc23)CC1. The van der Waals surface area contributed by atoms with E-state index in [2.05, 4.69) is 16.4 Å². The summed E-state index contributed by atoms with van der Waals surface area (Å²) in [5, 5.41) is 4.87. The van der Waals surface area contributed by atoms with Crippen molar-refractivity contribution in [1.29, 1.82) is 0 Å². The van der Waals surface area contributed by atoms with Crippen LogP contribution in [0.15, 0.2) is 54.7 Å². The lowest BCUT2D eigenvalue weighted by Gasteiger charge is -2.30. The molecule has 1 aliphatic heterocycles. The van der Waals surface area contributed by atoms with Gasteiger partial charge in [-0.3, -0.25) is 4.79 Å². The first-order valence-electron chi connectivity index (χ1n) is 10.4. The number of hydrogen-bond acceptors (Lipinski definition) is 3. The molecule has 1 atom stereocenters. The molecule has 2 aromatic carbocycles. The van der Waals surface area contributed by atoms with E-state index >= 15 is 0 Å². The van der Waals surface area contributed by atoms with Crippen LogP contribution in [0.3, 0.4) is 0 Å². The van der Waals surface area contributed by atoms with Crippen molar-refractivity contribution in [2.24, 2.45) is 5.92 Å². The number of rotatable bonds is 6. The molecule has 1 amide bonds. The number of carbonyl (C=O) groups is 1. The Labute approximate surface area is 187 Å². The summed E-state index contributed by atoms with van der Waals surface area (Å²) in [6, 6.07) is 15.8. The number of aromatic nitrogens is 1. The smallest absolute Gasteiger partial charge is 0.223 e. The third-order valence-corrected chi connectivity index (χ3v) is 7.70. The molecule has 0 bridgehead atoms. The van der Waals surface area contributed by atoms with E-state index in [9.17, 15) is 13.2 Å². The molecule has 2 N–H and O–H groups in total. The minimum atomic E-state index is -3.21. The number of sulfonamides is 1. The highest BCUT2D eigenvalue weighted by molar-refractivity contribution is 7.88. The van der Waals surface area contributed by atoms with Crippen molar-refractivity contribution in [1.82, 2.24) is 14.6 Å². The van der Waals surface area contributed by atoms with Crippen molar-refractivity contribution in [2.75, 3.05) is 25.9 Å². The molecule has 0 radical (unpaired) electrons. The fourth-order valence-corrected chi connectivity index (χ4v) is 5.47. The van der Waals surface area contributed by atoms with E-state index in [0.717, 1.165) is 22.0 Å². The Bertz CT molecular complexity index is 1180. The van der Waals surface area contributed by atoms with Gasteiger partial charge in [-0.05, 0) is 36.1 Å². The molecule has 3 aromatic rings. The van der Waals surface area contributed by atoms with Crippen LogP contribution in [0.2, 0.25) is 5.02 Å². The Balaban J connectivity index is 1.53. The minimum absolute atomic E-state index is 0.0370. The lowest BCUT2D eigenvalue weighted by Crippen LogP contribution is -2.43. The number of carbonyl (C=O) groups excluding carboxylic acids is 1. The number of H-pyrrole nitrogens is 1. The van der Waals surface area contributed by atoms with E-state index in [4.69, 9.17) is 11.6 Å². The summed E-state index contributed by atoms with van der Waals surface area (Å²) < 4.78 is 24.9. The Kier molecular flexibility index (Phi) is 6.36. The van der Waals surface area contributed by atoms with E-state index in [1.807, 2.05) is 48.7 Å². The Morgan fingerprint density at radius 3 is 2.52 bits per heavy atom. The monoisotopic (exact) mass is 459 g/mol. The molecule has 0 aliphatic carbocycles. The summed E-state index contributed by atoms with van der Waals surface area (Å²) >= 11 is 6.52. The zero-order valence-corrected chi connectivity index (χ0v) is 18.9. The van der Waals surface area contributed by atoms with Crippen LogP contribution in [-0.2, 0) is 14.8 Å². The fourth-order valence-electron chi connectivity index (χ4n) is 4.32. The molecule has 0 unspecified atom stereocenters. The molecule has 0 saturated carbocycles. The van der Waals surface area contributed by atoms with Crippen LogP contribution in [0.4, 0.5) is 0 Å². The number of amides is 1. The lowest BCUT2D eigenvalue weighted by molar-refractivity contribution is -0.126. The maximum Gasteiger partial charge on any atom is 0.223 e. The second-order valence-electron chi connectivity index (χ2n) is 8.05. The van der Waals surface area contributed by atoms with Crippen LogP contribution in [0, 0.1) is 5.92 Å². The summed E-state index contributed by atoms with van der Waals surface area (Å²) in [5.41, 5.74) is 3.08. The summed E-state index contributed by atoms with van der Waals surface area (Å²) in [4.78, 5) is 16.2. The predicted molar refractivity (Wildman–Crippen MR) is 124 cm³/mol. The van der Waals surface area contributed by atoms with Crippen molar-refractivity contribution in [3.63, 3.8) is 0 Å². The van der Waals surface area contributed by atoms with Crippen molar-refractivity contribution in [3.8, 4) is 0 Å². The van der Waals surface area contributed by atoms with Crippen LogP contribution in [0.1, 0.15) is 29.9 Å². The highest BCUT2D eigenvalue weighted by Gasteiger charge is 2.29. The third kappa shape index (κ3) is 4.79. The zero-order valence-electron chi connectivity index (χ0n) is 17.3. The van der Waals surface area contributed by atoms with E-state index in [-0.39, 0.29) is 17.7 Å². The second-order valence-corrected chi connectivity index (χ2v) is 10.4. The van der Waals surface area contributed by atoms with Gasteiger partial charge in [-0.25, -0.2) is 12.7 Å². The number of aromatic amines is 1. The molecule has 1 fully saturated rings. The van der Waals surface area contributed by atoms with Gasteiger partial charge in [0, 0.05) is 53.6 Å². The van der Waals surface area contributed by atoms with Crippen molar-refractivity contribution in [3.05, 3.63) is 70.9 Å². The van der Waals surface area contributed by atoms with E-state index in [1.54, 1.807) is 0 Å². The molecule has 6 nitrogen and oxygen atoms in total. The normalized spacial score (nSPS) is 17.0. The van der Waals surface area contributed by atoms with E-state index in [1.165, 1.54) is 10.6 Å². The van der Waals surface area contributed by atoms with Crippen LogP contribution in [0.25, 0.3) is 10.9 Å². The van der Waals surface area contributed by atoms with Crippen LogP contribution < -0.4 is 5.32 Å². The summed E-state index contributed by atoms with van der Waals surface area (Å²) in [6.45, 7) is 1.18. The van der Waals surface area contributed by atoms with Gasteiger partial charge in [0.15, 0.2) is 0 Å². The average Bonchev–Trinajstić information content (AvgIpc) is 3.18. The Morgan fingerprint density at radius 1 is 1.13 bits per heavy atom. The van der Waals surface area contributed by atoms with Crippen LogP contribution in [-0.4, -0.2) is 49.5 Å². The largest absolute Gasteiger partial charge is 0.361 e. The van der Waals surface area contributed by atoms with Crippen molar-refractivity contribution >= 4 is 38.4 Å². The summed E-state index contributed by atoms with van der Waals surface area (Å²) in [5.74, 6) is -0.331. The number of para-hydroxylation sites is 1.